The van der Waals surface area contributed by atoms with E-state index in [9.17, 15) is 4.39 Å². The molecular weight excluding hydrogens is 227 g/mol. The molecule has 1 aromatic carbocycles. The predicted molar refractivity (Wildman–Crippen MR) is 66.0 cm³/mol. The van der Waals surface area contributed by atoms with Gasteiger partial charge in [0.05, 0.1) is 13.2 Å². The first-order chi connectivity index (χ1) is 7.72. The van der Waals surface area contributed by atoms with Crippen molar-refractivity contribution in [1.82, 2.24) is 5.43 Å². The number of nitrogens with two attached hydrogens (primary N) is 1. The topological polar surface area (TPSA) is 47.3 Å². The van der Waals surface area contributed by atoms with Gasteiger partial charge in [0.15, 0.2) is 0 Å². The van der Waals surface area contributed by atoms with Gasteiger partial charge in [-0.2, -0.15) is 11.8 Å². The zero-order valence-electron chi connectivity index (χ0n) is 9.50. The van der Waals surface area contributed by atoms with Gasteiger partial charge in [0.25, 0.3) is 0 Å². The van der Waals surface area contributed by atoms with Crippen LogP contribution in [0.2, 0.25) is 0 Å². The number of nitrogens with one attached hydrogen (secondary N) is 1. The van der Waals surface area contributed by atoms with E-state index in [0.29, 0.717) is 11.3 Å². The first-order valence-corrected chi connectivity index (χ1v) is 6.25. The molecule has 0 heterocycles. The highest BCUT2D eigenvalue weighted by molar-refractivity contribution is 7.99. The van der Waals surface area contributed by atoms with Crippen LogP contribution in [0.4, 0.5) is 4.39 Å². The fraction of sp³-hybridized carbons (Fsp3) is 0.455. The summed E-state index contributed by atoms with van der Waals surface area (Å²) in [6.07, 6.45) is 0. The summed E-state index contributed by atoms with van der Waals surface area (Å²) >= 11 is 1.71. The number of benzene rings is 1. The summed E-state index contributed by atoms with van der Waals surface area (Å²) in [5.41, 5.74) is 3.20. The Hall–Kier alpha value is -0.780. The number of methoxy groups -OCH3 is 1. The van der Waals surface area contributed by atoms with Crippen molar-refractivity contribution in [2.24, 2.45) is 5.84 Å². The average Bonchev–Trinajstić information content (AvgIpc) is 2.31. The third kappa shape index (κ3) is 3.37. The second kappa shape index (κ2) is 6.73. The molecule has 0 amide bonds. The highest BCUT2D eigenvalue weighted by Gasteiger charge is 2.14. The minimum atomic E-state index is -0.293. The Morgan fingerprint density at radius 3 is 2.81 bits per heavy atom. The summed E-state index contributed by atoms with van der Waals surface area (Å²) in [5.74, 6) is 7.37. The van der Waals surface area contributed by atoms with Gasteiger partial charge in [-0.3, -0.25) is 11.3 Å². The summed E-state index contributed by atoms with van der Waals surface area (Å²) in [7, 11) is 1.51. The smallest absolute Gasteiger partial charge is 0.131 e. The van der Waals surface area contributed by atoms with E-state index in [4.69, 9.17) is 10.6 Å². The number of thioether (sulfide) groups is 1. The van der Waals surface area contributed by atoms with Crippen molar-refractivity contribution in [2.75, 3.05) is 18.6 Å². The zero-order chi connectivity index (χ0) is 12.0. The van der Waals surface area contributed by atoms with Gasteiger partial charge in [-0.05, 0) is 11.8 Å². The summed E-state index contributed by atoms with van der Waals surface area (Å²) < 4.78 is 18.7. The minimum absolute atomic E-state index is 0.171. The van der Waals surface area contributed by atoms with E-state index in [0.717, 1.165) is 11.5 Å². The van der Waals surface area contributed by atoms with Crippen LogP contribution >= 0.6 is 11.8 Å². The second-order valence-corrected chi connectivity index (χ2v) is 4.59. The molecule has 1 aromatic rings. The second-order valence-electron chi connectivity index (χ2n) is 3.27. The van der Waals surface area contributed by atoms with Crippen molar-refractivity contribution in [3.8, 4) is 5.75 Å². The van der Waals surface area contributed by atoms with Crippen molar-refractivity contribution in [3.63, 3.8) is 0 Å². The normalized spacial score (nSPS) is 12.5. The van der Waals surface area contributed by atoms with Crippen LogP contribution in [0.25, 0.3) is 0 Å². The Labute approximate surface area is 99.5 Å². The zero-order valence-corrected chi connectivity index (χ0v) is 10.3. The molecule has 0 radical (unpaired) electrons. The first kappa shape index (κ1) is 13.3. The fourth-order valence-electron chi connectivity index (χ4n) is 1.38. The average molecular weight is 244 g/mol. The summed E-state index contributed by atoms with van der Waals surface area (Å²) in [6, 6.07) is 4.64. The molecule has 90 valence electrons. The van der Waals surface area contributed by atoms with E-state index in [-0.39, 0.29) is 11.9 Å². The third-order valence-electron chi connectivity index (χ3n) is 2.27. The SMILES string of the molecule is CCSCC(NN)c1ccc(OC)cc1F. The van der Waals surface area contributed by atoms with Crippen molar-refractivity contribution in [1.29, 1.82) is 0 Å². The molecule has 0 bridgehead atoms. The van der Waals surface area contributed by atoms with E-state index in [1.54, 1.807) is 23.9 Å². The Kier molecular flexibility index (Phi) is 5.59. The van der Waals surface area contributed by atoms with Crippen LogP contribution in [0, 0.1) is 5.82 Å². The lowest BCUT2D eigenvalue weighted by Crippen LogP contribution is -2.30. The first-order valence-electron chi connectivity index (χ1n) is 5.10. The van der Waals surface area contributed by atoms with Crippen LogP contribution < -0.4 is 16.0 Å². The molecular formula is C11H17FN2OS. The number of ether oxygens (including phenoxy) is 1. The molecule has 0 saturated carbocycles. The highest BCUT2D eigenvalue weighted by atomic mass is 32.2. The van der Waals surface area contributed by atoms with Crippen molar-refractivity contribution in [2.45, 2.75) is 13.0 Å². The van der Waals surface area contributed by atoms with Gasteiger partial charge >= 0.3 is 0 Å². The standard InChI is InChI=1S/C11H17FN2OS/c1-3-16-7-11(14-13)9-5-4-8(15-2)6-10(9)12/h4-6,11,14H,3,7,13H2,1-2H3. The Balaban J connectivity index is 2.83. The van der Waals surface area contributed by atoms with E-state index in [1.165, 1.54) is 13.2 Å². The predicted octanol–water partition coefficient (Wildman–Crippen LogP) is 2.09. The molecule has 3 nitrogen and oxygen atoms in total. The maximum Gasteiger partial charge on any atom is 0.131 e. The molecule has 0 aliphatic carbocycles. The molecule has 16 heavy (non-hydrogen) atoms. The van der Waals surface area contributed by atoms with E-state index >= 15 is 0 Å². The minimum Gasteiger partial charge on any atom is -0.497 e. The molecule has 0 aliphatic heterocycles. The number of hydrogen-bond acceptors (Lipinski definition) is 4. The van der Waals surface area contributed by atoms with Crippen molar-refractivity contribution >= 4 is 11.8 Å². The van der Waals surface area contributed by atoms with Gasteiger partial charge in [-0.1, -0.05) is 13.0 Å². The summed E-state index contributed by atoms with van der Waals surface area (Å²) in [6.45, 7) is 2.06. The molecule has 1 unspecified atom stereocenters. The molecule has 0 aliphatic rings. The van der Waals surface area contributed by atoms with Crippen LogP contribution in [0.3, 0.4) is 0 Å². The van der Waals surface area contributed by atoms with E-state index < -0.39 is 0 Å². The molecule has 1 rings (SSSR count). The largest absolute Gasteiger partial charge is 0.497 e. The Bertz CT molecular complexity index is 336. The molecule has 0 saturated heterocycles. The molecule has 0 aromatic heterocycles. The molecule has 1 atom stereocenters. The highest BCUT2D eigenvalue weighted by Crippen LogP contribution is 2.23. The van der Waals surface area contributed by atoms with Crippen LogP contribution in [-0.4, -0.2) is 18.6 Å². The van der Waals surface area contributed by atoms with Gasteiger partial charge in [-0.25, -0.2) is 4.39 Å². The van der Waals surface area contributed by atoms with Gasteiger partial charge < -0.3 is 4.74 Å². The number of rotatable bonds is 6. The van der Waals surface area contributed by atoms with Gasteiger partial charge in [-0.15, -0.1) is 0 Å². The Morgan fingerprint density at radius 1 is 1.56 bits per heavy atom. The van der Waals surface area contributed by atoms with Crippen molar-refractivity contribution < 1.29 is 9.13 Å². The lowest BCUT2D eigenvalue weighted by atomic mass is 10.1. The van der Waals surface area contributed by atoms with Crippen LogP contribution in [0.5, 0.6) is 5.75 Å². The number of hydrazine groups is 1. The fourth-order valence-corrected chi connectivity index (χ4v) is 2.13. The van der Waals surface area contributed by atoms with Crippen LogP contribution in [0.15, 0.2) is 18.2 Å². The van der Waals surface area contributed by atoms with Crippen LogP contribution in [0.1, 0.15) is 18.5 Å². The van der Waals surface area contributed by atoms with Crippen molar-refractivity contribution in [3.05, 3.63) is 29.6 Å². The summed E-state index contributed by atoms with van der Waals surface area (Å²) in [5, 5.41) is 0. The quantitative estimate of drug-likeness (QED) is 0.594. The monoisotopic (exact) mass is 244 g/mol. The van der Waals surface area contributed by atoms with E-state index in [2.05, 4.69) is 12.3 Å². The van der Waals surface area contributed by atoms with Gasteiger partial charge in [0.1, 0.15) is 11.6 Å². The number of hydrogen-bond donors (Lipinski definition) is 2. The summed E-state index contributed by atoms with van der Waals surface area (Å²) in [4.78, 5) is 0. The van der Waals surface area contributed by atoms with Crippen LogP contribution in [-0.2, 0) is 0 Å². The molecule has 3 N–H and O–H groups in total. The maximum absolute atomic E-state index is 13.7. The lowest BCUT2D eigenvalue weighted by molar-refractivity contribution is 0.409. The lowest BCUT2D eigenvalue weighted by Gasteiger charge is -2.16. The molecule has 5 heteroatoms. The maximum atomic E-state index is 13.7. The molecule has 0 fully saturated rings. The number of halogens is 1. The van der Waals surface area contributed by atoms with Gasteiger partial charge in [0.2, 0.25) is 0 Å². The van der Waals surface area contributed by atoms with E-state index in [1.807, 2.05) is 0 Å². The molecule has 0 spiro atoms. The van der Waals surface area contributed by atoms with Gasteiger partial charge in [0, 0.05) is 17.4 Å². The Morgan fingerprint density at radius 2 is 2.31 bits per heavy atom. The third-order valence-corrected chi connectivity index (χ3v) is 3.25.